The summed E-state index contributed by atoms with van der Waals surface area (Å²) in [5.41, 5.74) is 1.26. The van der Waals surface area contributed by atoms with E-state index in [9.17, 15) is 0 Å². The lowest BCUT2D eigenvalue weighted by Gasteiger charge is -2.33. The third-order valence-electron chi connectivity index (χ3n) is 4.14. The third kappa shape index (κ3) is 4.43. The first kappa shape index (κ1) is 14.8. The number of nitrogens with one attached hydrogen (secondary N) is 1. The summed E-state index contributed by atoms with van der Waals surface area (Å²) in [7, 11) is 0. The number of benzene rings is 1. The van der Waals surface area contributed by atoms with Gasteiger partial charge >= 0.3 is 0 Å². The standard InChI is InChI=1S/C17H26N2O2/c1-2-20-16-5-3-4-14(10-16)11-18-12-17-13-19(8-9-21-17)15-6-7-15/h3-5,10,15,17-18H,2,6-9,11-13H2,1H3. The highest BCUT2D eigenvalue weighted by Gasteiger charge is 2.32. The van der Waals surface area contributed by atoms with Crippen LogP contribution in [0.4, 0.5) is 0 Å². The summed E-state index contributed by atoms with van der Waals surface area (Å²) < 4.78 is 11.4. The molecule has 1 aliphatic carbocycles. The molecular weight excluding hydrogens is 264 g/mol. The van der Waals surface area contributed by atoms with Gasteiger partial charge in [-0.3, -0.25) is 4.90 Å². The number of rotatable bonds is 7. The van der Waals surface area contributed by atoms with E-state index in [0.29, 0.717) is 12.7 Å². The summed E-state index contributed by atoms with van der Waals surface area (Å²) in [6.45, 7) is 7.57. The molecule has 1 saturated carbocycles. The Balaban J connectivity index is 1.41. The van der Waals surface area contributed by atoms with Crippen molar-refractivity contribution in [2.24, 2.45) is 0 Å². The summed E-state index contributed by atoms with van der Waals surface area (Å²) in [6, 6.07) is 9.14. The van der Waals surface area contributed by atoms with Gasteiger partial charge in [-0.05, 0) is 37.5 Å². The lowest BCUT2D eigenvalue weighted by atomic mass is 10.2. The van der Waals surface area contributed by atoms with E-state index >= 15 is 0 Å². The first-order chi connectivity index (χ1) is 10.3. The molecule has 21 heavy (non-hydrogen) atoms. The lowest BCUT2D eigenvalue weighted by Crippen LogP contribution is -2.47. The molecule has 1 unspecified atom stereocenters. The zero-order chi connectivity index (χ0) is 14.5. The van der Waals surface area contributed by atoms with Gasteiger partial charge in [0.05, 0.1) is 19.3 Å². The van der Waals surface area contributed by atoms with Crippen LogP contribution in [0.15, 0.2) is 24.3 Å². The minimum absolute atomic E-state index is 0.328. The molecule has 1 aliphatic heterocycles. The highest BCUT2D eigenvalue weighted by molar-refractivity contribution is 5.28. The number of nitrogens with zero attached hydrogens (tertiary/aromatic N) is 1. The Hall–Kier alpha value is -1.10. The van der Waals surface area contributed by atoms with Crippen molar-refractivity contribution < 1.29 is 9.47 Å². The molecule has 2 fully saturated rings. The highest BCUT2D eigenvalue weighted by Crippen LogP contribution is 2.28. The molecule has 0 bridgehead atoms. The summed E-state index contributed by atoms with van der Waals surface area (Å²) in [5.74, 6) is 0.950. The van der Waals surface area contributed by atoms with Gasteiger partial charge in [0.15, 0.2) is 0 Å². The monoisotopic (exact) mass is 290 g/mol. The van der Waals surface area contributed by atoms with E-state index in [1.54, 1.807) is 0 Å². The van der Waals surface area contributed by atoms with E-state index in [2.05, 4.69) is 22.3 Å². The van der Waals surface area contributed by atoms with Crippen molar-refractivity contribution in [3.05, 3.63) is 29.8 Å². The van der Waals surface area contributed by atoms with Gasteiger partial charge in [-0.1, -0.05) is 12.1 Å². The summed E-state index contributed by atoms with van der Waals surface area (Å²) in [6.07, 6.45) is 3.09. The predicted octanol–water partition coefficient (Wildman–Crippen LogP) is 2.04. The first-order valence-corrected chi connectivity index (χ1v) is 8.13. The van der Waals surface area contributed by atoms with Gasteiger partial charge in [-0.25, -0.2) is 0 Å². The molecular formula is C17H26N2O2. The average molecular weight is 290 g/mol. The van der Waals surface area contributed by atoms with E-state index in [0.717, 1.165) is 44.6 Å². The highest BCUT2D eigenvalue weighted by atomic mass is 16.5. The summed E-state index contributed by atoms with van der Waals surface area (Å²) in [5, 5.41) is 3.51. The van der Waals surface area contributed by atoms with Gasteiger partial charge in [-0.15, -0.1) is 0 Å². The first-order valence-electron chi connectivity index (χ1n) is 8.13. The van der Waals surface area contributed by atoms with Crippen molar-refractivity contribution in [2.45, 2.75) is 38.5 Å². The van der Waals surface area contributed by atoms with E-state index in [1.165, 1.54) is 18.4 Å². The van der Waals surface area contributed by atoms with Crippen LogP contribution in [0.5, 0.6) is 5.75 Å². The van der Waals surface area contributed by atoms with Gasteiger partial charge in [0.2, 0.25) is 0 Å². The Labute approximate surface area is 127 Å². The molecule has 3 rings (SSSR count). The Morgan fingerprint density at radius 3 is 3.10 bits per heavy atom. The molecule has 1 atom stereocenters. The number of hydrogen-bond acceptors (Lipinski definition) is 4. The maximum absolute atomic E-state index is 5.86. The van der Waals surface area contributed by atoms with Crippen LogP contribution >= 0.6 is 0 Å². The van der Waals surface area contributed by atoms with Crippen LogP contribution in [-0.4, -0.2) is 49.9 Å². The molecule has 1 heterocycles. The van der Waals surface area contributed by atoms with Crippen molar-refractivity contribution in [2.75, 3.05) is 32.8 Å². The maximum atomic E-state index is 5.86. The number of morpholine rings is 1. The Bertz CT molecular complexity index is 448. The van der Waals surface area contributed by atoms with E-state index < -0.39 is 0 Å². The molecule has 0 amide bonds. The van der Waals surface area contributed by atoms with E-state index in [4.69, 9.17) is 9.47 Å². The number of ether oxygens (including phenoxy) is 2. The topological polar surface area (TPSA) is 33.7 Å². The van der Waals surface area contributed by atoms with Crippen molar-refractivity contribution in [3.63, 3.8) is 0 Å². The molecule has 0 aromatic heterocycles. The van der Waals surface area contributed by atoms with Crippen LogP contribution in [0.25, 0.3) is 0 Å². The second kappa shape index (κ2) is 7.25. The molecule has 116 valence electrons. The second-order valence-electron chi connectivity index (χ2n) is 5.93. The third-order valence-corrected chi connectivity index (χ3v) is 4.14. The smallest absolute Gasteiger partial charge is 0.119 e. The van der Waals surface area contributed by atoms with Crippen molar-refractivity contribution >= 4 is 0 Å². The van der Waals surface area contributed by atoms with E-state index in [-0.39, 0.29) is 0 Å². The summed E-state index contributed by atoms with van der Waals surface area (Å²) >= 11 is 0. The zero-order valence-corrected chi connectivity index (χ0v) is 12.9. The molecule has 4 nitrogen and oxygen atoms in total. The van der Waals surface area contributed by atoms with Crippen LogP contribution in [0, 0.1) is 0 Å². The van der Waals surface area contributed by atoms with Crippen molar-refractivity contribution in [1.29, 1.82) is 0 Å². The second-order valence-corrected chi connectivity index (χ2v) is 5.93. The maximum Gasteiger partial charge on any atom is 0.119 e. The van der Waals surface area contributed by atoms with Crippen molar-refractivity contribution in [1.82, 2.24) is 10.2 Å². The van der Waals surface area contributed by atoms with Crippen LogP contribution in [0.1, 0.15) is 25.3 Å². The average Bonchev–Trinajstić information content (AvgIpc) is 3.33. The van der Waals surface area contributed by atoms with Gasteiger partial charge in [-0.2, -0.15) is 0 Å². The molecule has 4 heteroatoms. The molecule has 0 radical (unpaired) electrons. The lowest BCUT2D eigenvalue weighted by molar-refractivity contribution is -0.0301. The predicted molar refractivity (Wildman–Crippen MR) is 83.7 cm³/mol. The fourth-order valence-corrected chi connectivity index (χ4v) is 2.93. The Kier molecular flexibility index (Phi) is 5.12. The minimum Gasteiger partial charge on any atom is -0.494 e. The minimum atomic E-state index is 0.328. The van der Waals surface area contributed by atoms with Gasteiger partial charge < -0.3 is 14.8 Å². The van der Waals surface area contributed by atoms with Crippen LogP contribution < -0.4 is 10.1 Å². The Morgan fingerprint density at radius 2 is 2.29 bits per heavy atom. The molecule has 1 aromatic carbocycles. The molecule has 0 spiro atoms. The fraction of sp³-hybridized carbons (Fsp3) is 0.647. The SMILES string of the molecule is CCOc1cccc(CNCC2CN(C3CC3)CCO2)c1. The molecule has 2 aliphatic rings. The van der Waals surface area contributed by atoms with E-state index in [1.807, 2.05) is 19.1 Å². The molecule has 1 aromatic rings. The molecule has 1 saturated heterocycles. The Morgan fingerprint density at radius 1 is 1.38 bits per heavy atom. The van der Waals surface area contributed by atoms with Gasteiger partial charge in [0, 0.05) is 32.2 Å². The van der Waals surface area contributed by atoms with Crippen LogP contribution in [0.2, 0.25) is 0 Å². The quantitative estimate of drug-likeness (QED) is 0.833. The summed E-state index contributed by atoms with van der Waals surface area (Å²) in [4.78, 5) is 2.59. The fourth-order valence-electron chi connectivity index (χ4n) is 2.93. The van der Waals surface area contributed by atoms with Crippen LogP contribution in [-0.2, 0) is 11.3 Å². The normalized spacial score (nSPS) is 23.2. The van der Waals surface area contributed by atoms with Gasteiger partial charge in [0.1, 0.15) is 5.75 Å². The van der Waals surface area contributed by atoms with Crippen molar-refractivity contribution in [3.8, 4) is 5.75 Å². The molecule has 1 N–H and O–H groups in total. The van der Waals surface area contributed by atoms with Gasteiger partial charge in [0.25, 0.3) is 0 Å². The largest absolute Gasteiger partial charge is 0.494 e. The zero-order valence-electron chi connectivity index (χ0n) is 12.9. The van der Waals surface area contributed by atoms with Crippen LogP contribution in [0.3, 0.4) is 0 Å². The number of hydrogen-bond donors (Lipinski definition) is 1.